The van der Waals surface area contributed by atoms with E-state index >= 15 is 0 Å². The summed E-state index contributed by atoms with van der Waals surface area (Å²) in [6, 6.07) is 12.2. The van der Waals surface area contributed by atoms with Crippen LogP contribution in [-0.4, -0.2) is 25.1 Å². The van der Waals surface area contributed by atoms with Crippen molar-refractivity contribution in [1.29, 1.82) is 0 Å². The number of nitrogens with zero attached hydrogens (tertiary/aromatic N) is 4. The van der Waals surface area contributed by atoms with Crippen LogP contribution in [0.25, 0.3) is 16.6 Å². The second-order valence-corrected chi connectivity index (χ2v) is 5.78. The van der Waals surface area contributed by atoms with Crippen LogP contribution >= 0.6 is 0 Å². The van der Waals surface area contributed by atoms with Gasteiger partial charge in [0.2, 0.25) is 5.91 Å². The molecule has 1 aromatic carbocycles. The Morgan fingerprint density at radius 3 is 2.96 bits per heavy atom. The molecule has 0 saturated heterocycles. The van der Waals surface area contributed by atoms with Gasteiger partial charge in [-0.2, -0.15) is 0 Å². The maximum absolute atomic E-state index is 13.4. The number of aryl methyl sites for hydroxylation is 1. The number of amides is 1. The van der Waals surface area contributed by atoms with Gasteiger partial charge in [-0.1, -0.05) is 6.07 Å². The fourth-order valence-corrected chi connectivity index (χ4v) is 2.85. The maximum atomic E-state index is 13.4. The lowest BCUT2D eigenvalue weighted by atomic mass is 10.2. The molecule has 0 unspecified atom stereocenters. The van der Waals surface area contributed by atoms with E-state index in [9.17, 15) is 9.18 Å². The Kier molecular flexibility index (Phi) is 3.89. The molecule has 0 radical (unpaired) electrons. The quantitative estimate of drug-likeness (QED) is 0.609. The first kappa shape index (κ1) is 15.3. The fraction of sp³-hybridized carbons (Fsp3) is 0.167. The Hall–Kier alpha value is -3.22. The number of aromatic nitrogens is 4. The average Bonchev–Trinajstić information content (AvgIpc) is 3.22. The molecule has 6 nitrogen and oxygen atoms in total. The fourth-order valence-electron chi connectivity index (χ4n) is 2.85. The van der Waals surface area contributed by atoms with Crippen molar-refractivity contribution in [2.45, 2.75) is 19.5 Å². The molecule has 4 rings (SSSR count). The van der Waals surface area contributed by atoms with Crippen molar-refractivity contribution in [1.82, 2.24) is 24.5 Å². The third kappa shape index (κ3) is 3.08. The van der Waals surface area contributed by atoms with Crippen molar-refractivity contribution >= 4 is 22.5 Å². The molecule has 25 heavy (non-hydrogen) atoms. The molecule has 0 spiro atoms. The van der Waals surface area contributed by atoms with Gasteiger partial charge in [-0.15, -0.1) is 10.2 Å². The smallest absolute Gasteiger partial charge is 0.222 e. The van der Waals surface area contributed by atoms with Crippen LogP contribution in [0.3, 0.4) is 0 Å². The lowest BCUT2D eigenvalue weighted by Gasteiger charge is -2.07. The van der Waals surface area contributed by atoms with E-state index in [1.165, 1.54) is 12.1 Å². The van der Waals surface area contributed by atoms with E-state index in [1.54, 1.807) is 6.07 Å². The Morgan fingerprint density at radius 1 is 1.12 bits per heavy atom. The third-order valence-corrected chi connectivity index (χ3v) is 4.14. The summed E-state index contributed by atoms with van der Waals surface area (Å²) in [4.78, 5) is 12.1. The van der Waals surface area contributed by atoms with Crippen LogP contribution in [0.1, 0.15) is 12.2 Å². The average molecular weight is 337 g/mol. The molecular weight excluding hydrogens is 321 g/mol. The van der Waals surface area contributed by atoms with Gasteiger partial charge in [0.05, 0.1) is 12.1 Å². The highest BCUT2D eigenvalue weighted by atomic mass is 19.1. The third-order valence-electron chi connectivity index (χ3n) is 4.14. The second kappa shape index (κ2) is 6.35. The zero-order chi connectivity index (χ0) is 17.2. The summed E-state index contributed by atoms with van der Waals surface area (Å²) in [6.45, 7) is 0.796. The molecule has 0 saturated carbocycles. The standard InChI is InChI=1S/C18H16FN5O/c19-14-5-4-13-6-9-23(15(13)11-14)10-7-18(25)20-12-17-22-21-16-3-1-2-8-24(16)17/h1-6,8-9,11H,7,10,12H2,(H,20,25). The van der Waals surface area contributed by atoms with Gasteiger partial charge in [0, 0.05) is 25.4 Å². The van der Waals surface area contributed by atoms with Gasteiger partial charge in [-0.05, 0) is 41.8 Å². The topological polar surface area (TPSA) is 64.2 Å². The minimum atomic E-state index is -0.282. The van der Waals surface area contributed by atoms with Gasteiger partial charge < -0.3 is 9.88 Å². The van der Waals surface area contributed by atoms with E-state index in [1.807, 2.05) is 45.6 Å². The van der Waals surface area contributed by atoms with Gasteiger partial charge in [-0.3, -0.25) is 9.20 Å². The number of carbonyl (C=O) groups excluding carboxylic acids is 1. The van der Waals surface area contributed by atoms with E-state index in [-0.39, 0.29) is 11.7 Å². The number of hydrogen-bond acceptors (Lipinski definition) is 3. The van der Waals surface area contributed by atoms with E-state index in [0.29, 0.717) is 25.3 Å². The number of fused-ring (bicyclic) bond motifs is 2. The summed E-state index contributed by atoms with van der Waals surface area (Å²) in [6.07, 6.45) is 4.03. The van der Waals surface area contributed by atoms with Gasteiger partial charge in [0.25, 0.3) is 0 Å². The number of carbonyl (C=O) groups is 1. The van der Waals surface area contributed by atoms with Crippen LogP contribution < -0.4 is 5.32 Å². The van der Waals surface area contributed by atoms with Gasteiger partial charge in [0.15, 0.2) is 11.5 Å². The van der Waals surface area contributed by atoms with Crippen molar-refractivity contribution < 1.29 is 9.18 Å². The summed E-state index contributed by atoms with van der Waals surface area (Å²) in [5, 5.41) is 11.9. The molecule has 0 aliphatic rings. The molecule has 1 amide bonds. The highest BCUT2D eigenvalue weighted by Gasteiger charge is 2.08. The largest absolute Gasteiger partial charge is 0.349 e. The molecule has 7 heteroatoms. The van der Waals surface area contributed by atoms with Crippen LogP contribution in [0.5, 0.6) is 0 Å². The molecule has 1 N–H and O–H groups in total. The van der Waals surface area contributed by atoms with E-state index in [4.69, 9.17) is 0 Å². The Labute approximate surface area is 142 Å². The molecule has 0 fully saturated rings. The summed E-state index contributed by atoms with van der Waals surface area (Å²) in [5.74, 6) is 0.305. The Bertz CT molecular complexity index is 1050. The van der Waals surface area contributed by atoms with Crippen molar-refractivity contribution in [2.24, 2.45) is 0 Å². The predicted molar refractivity (Wildman–Crippen MR) is 91.3 cm³/mol. The highest BCUT2D eigenvalue weighted by molar-refractivity contribution is 5.80. The van der Waals surface area contributed by atoms with Crippen LogP contribution in [0.2, 0.25) is 0 Å². The summed E-state index contributed by atoms with van der Waals surface area (Å²) >= 11 is 0. The first-order valence-corrected chi connectivity index (χ1v) is 8.00. The van der Waals surface area contributed by atoms with Crippen LogP contribution in [0.15, 0.2) is 54.9 Å². The van der Waals surface area contributed by atoms with Gasteiger partial charge in [0.1, 0.15) is 5.82 Å². The summed E-state index contributed by atoms with van der Waals surface area (Å²) < 4.78 is 17.1. The second-order valence-electron chi connectivity index (χ2n) is 5.78. The molecule has 0 bridgehead atoms. The number of pyridine rings is 1. The van der Waals surface area contributed by atoms with Crippen molar-refractivity contribution in [3.63, 3.8) is 0 Å². The van der Waals surface area contributed by atoms with E-state index < -0.39 is 0 Å². The minimum absolute atomic E-state index is 0.0917. The Morgan fingerprint density at radius 2 is 2.04 bits per heavy atom. The predicted octanol–water partition coefficient (Wildman–Crippen LogP) is 2.53. The summed E-state index contributed by atoms with van der Waals surface area (Å²) in [7, 11) is 0. The molecule has 126 valence electrons. The molecular formula is C18H16FN5O. The number of hydrogen-bond donors (Lipinski definition) is 1. The SMILES string of the molecule is O=C(CCn1ccc2ccc(F)cc21)NCc1nnc2ccccn12. The van der Waals surface area contributed by atoms with Gasteiger partial charge >= 0.3 is 0 Å². The molecule has 0 atom stereocenters. The van der Waals surface area contributed by atoms with Crippen molar-refractivity contribution in [3.8, 4) is 0 Å². The van der Waals surface area contributed by atoms with Crippen LogP contribution in [0, 0.1) is 5.82 Å². The molecule has 3 heterocycles. The first-order chi connectivity index (χ1) is 12.2. The number of nitrogens with one attached hydrogen (secondary N) is 1. The number of benzene rings is 1. The van der Waals surface area contributed by atoms with Crippen molar-refractivity contribution in [2.75, 3.05) is 0 Å². The normalized spacial score (nSPS) is 11.2. The minimum Gasteiger partial charge on any atom is -0.349 e. The monoisotopic (exact) mass is 337 g/mol. The number of rotatable bonds is 5. The van der Waals surface area contributed by atoms with E-state index in [0.717, 1.165) is 16.6 Å². The molecule has 0 aliphatic carbocycles. The zero-order valence-corrected chi connectivity index (χ0v) is 13.4. The zero-order valence-electron chi connectivity index (χ0n) is 13.4. The van der Waals surface area contributed by atoms with Gasteiger partial charge in [-0.25, -0.2) is 4.39 Å². The lowest BCUT2D eigenvalue weighted by Crippen LogP contribution is -2.24. The van der Waals surface area contributed by atoms with Crippen LogP contribution in [-0.2, 0) is 17.9 Å². The van der Waals surface area contributed by atoms with Crippen molar-refractivity contribution in [3.05, 3.63) is 66.5 Å². The van der Waals surface area contributed by atoms with Crippen LogP contribution in [0.4, 0.5) is 4.39 Å². The Balaban J connectivity index is 1.38. The lowest BCUT2D eigenvalue weighted by molar-refractivity contribution is -0.121. The first-order valence-electron chi connectivity index (χ1n) is 8.00. The molecule has 0 aliphatic heterocycles. The molecule has 4 aromatic rings. The highest BCUT2D eigenvalue weighted by Crippen LogP contribution is 2.17. The number of halogens is 1. The summed E-state index contributed by atoms with van der Waals surface area (Å²) in [5.41, 5.74) is 1.53. The maximum Gasteiger partial charge on any atom is 0.222 e. The molecule has 3 aromatic heterocycles. The van der Waals surface area contributed by atoms with E-state index in [2.05, 4.69) is 15.5 Å².